The zero-order valence-electron chi connectivity index (χ0n) is 13.9. The molecule has 0 bridgehead atoms. The maximum absolute atomic E-state index is 12.3. The van der Waals surface area contributed by atoms with Gasteiger partial charge in [-0.3, -0.25) is 4.79 Å². The molecule has 0 saturated heterocycles. The van der Waals surface area contributed by atoms with Crippen molar-refractivity contribution in [3.8, 4) is 0 Å². The summed E-state index contributed by atoms with van der Waals surface area (Å²) in [6.45, 7) is 4.62. The number of hydrogen-bond donors (Lipinski definition) is 1. The summed E-state index contributed by atoms with van der Waals surface area (Å²) < 4.78 is 23.6. The third-order valence-corrected chi connectivity index (χ3v) is 6.99. The molecular formula is C17H25ClO4S. The molecular weight excluding hydrogens is 336 g/mol. The smallest absolute Gasteiger partial charge is 0.321 e. The van der Waals surface area contributed by atoms with Gasteiger partial charge in [0, 0.05) is 5.02 Å². The Hall–Kier alpha value is -1.07. The van der Waals surface area contributed by atoms with E-state index in [2.05, 4.69) is 0 Å². The summed E-state index contributed by atoms with van der Waals surface area (Å²) in [5.41, 5.74) is 1.17. The summed E-state index contributed by atoms with van der Waals surface area (Å²) in [6.07, 6.45) is 3.31. The number of benzene rings is 1. The molecule has 4 nitrogen and oxygen atoms in total. The normalized spacial score (nSPS) is 13.7. The van der Waals surface area contributed by atoms with Gasteiger partial charge in [-0.1, -0.05) is 36.6 Å². The lowest BCUT2D eigenvalue weighted by atomic mass is 10.1. The Labute approximate surface area is 143 Å². The van der Waals surface area contributed by atoms with Crippen molar-refractivity contribution in [2.24, 2.45) is 0 Å². The largest absolute Gasteiger partial charge is 0.480 e. The van der Waals surface area contributed by atoms with Crippen LogP contribution in [0.1, 0.15) is 52.0 Å². The number of carbonyl (C=O) groups is 1. The van der Waals surface area contributed by atoms with E-state index in [1.54, 1.807) is 20.8 Å². The molecule has 1 unspecified atom stereocenters. The lowest BCUT2D eigenvalue weighted by molar-refractivity contribution is -0.136. The summed E-state index contributed by atoms with van der Waals surface area (Å²) in [5, 5.41) is 8.62. The van der Waals surface area contributed by atoms with Gasteiger partial charge in [-0.05, 0) is 57.7 Å². The average Bonchev–Trinajstić information content (AvgIpc) is 2.42. The zero-order valence-corrected chi connectivity index (χ0v) is 15.5. The molecule has 130 valence electrons. The molecule has 1 atom stereocenters. The van der Waals surface area contributed by atoms with Crippen LogP contribution in [-0.4, -0.2) is 29.5 Å². The molecule has 6 heteroatoms. The van der Waals surface area contributed by atoms with Gasteiger partial charge in [-0.2, -0.15) is 0 Å². The highest BCUT2D eigenvalue weighted by atomic mass is 35.5. The van der Waals surface area contributed by atoms with Crippen molar-refractivity contribution in [1.29, 1.82) is 0 Å². The van der Waals surface area contributed by atoms with Gasteiger partial charge >= 0.3 is 5.97 Å². The molecule has 23 heavy (non-hydrogen) atoms. The second-order valence-electron chi connectivity index (χ2n) is 6.71. The molecule has 0 fully saturated rings. The predicted molar refractivity (Wildman–Crippen MR) is 93.7 cm³/mol. The highest BCUT2D eigenvalue weighted by molar-refractivity contribution is 7.94. The van der Waals surface area contributed by atoms with E-state index < -0.39 is 25.8 Å². The Kier molecular flexibility index (Phi) is 7.08. The molecule has 1 N–H and O–H groups in total. The first-order chi connectivity index (χ1) is 10.6. The molecule has 0 aliphatic carbocycles. The molecule has 0 heterocycles. The van der Waals surface area contributed by atoms with Crippen molar-refractivity contribution < 1.29 is 18.3 Å². The van der Waals surface area contributed by atoms with Crippen molar-refractivity contribution >= 4 is 27.4 Å². The first kappa shape index (κ1) is 20.0. The average molecular weight is 361 g/mol. The second-order valence-corrected chi connectivity index (χ2v) is 10.0. The number of carboxylic acid groups (broad SMARTS) is 1. The molecule has 0 saturated carbocycles. The highest BCUT2D eigenvalue weighted by Gasteiger charge is 2.40. The minimum atomic E-state index is -3.70. The van der Waals surface area contributed by atoms with E-state index in [-0.39, 0.29) is 6.42 Å². The molecule has 1 aromatic rings. The number of aryl methyl sites for hydroxylation is 1. The fourth-order valence-corrected chi connectivity index (χ4v) is 4.05. The number of halogens is 1. The van der Waals surface area contributed by atoms with Crippen LogP contribution in [0.3, 0.4) is 0 Å². The van der Waals surface area contributed by atoms with E-state index in [0.717, 1.165) is 19.3 Å². The number of rotatable bonds is 8. The summed E-state index contributed by atoms with van der Waals surface area (Å²) in [4.78, 5) is 11.3. The quantitative estimate of drug-likeness (QED) is 0.708. The van der Waals surface area contributed by atoms with Gasteiger partial charge in [0.25, 0.3) is 0 Å². The third-order valence-electron chi connectivity index (χ3n) is 3.85. The maximum Gasteiger partial charge on any atom is 0.321 e. The SMILES string of the molecule is CC(C)(C)S(=O)(=O)C(CCCCCc1ccc(Cl)cc1)C(=O)O. The lowest BCUT2D eigenvalue weighted by Crippen LogP contribution is -2.41. The summed E-state index contributed by atoms with van der Waals surface area (Å²) in [6, 6.07) is 7.61. The van der Waals surface area contributed by atoms with E-state index in [1.807, 2.05) is 24.3 Å². The molecule has 1 aromatic carbocycles. The van der Waals surface area contributed by atoms with Crippen LogP contribution in [-0.2, 0) is 21.1 Å². The van der Waals surface area contributed by atoms with Crippen LogP contribution in [0, 0.1) is 0 Å². The first-order valence-corrected chi connectivity index (χ1v) is 9.69. The van der Waals surface area contributed by atoms with Crippen molar-refractivity contribution in [2.75, 3.05) is 0 Å². The van der Waals surface area contributed by atoms with Gasteiger partial charge in [0.2, 0.25) is 0 Å². The van der Waals surface area contributed by atoms with Crippen molar-refractivity contribution in [1.82, 2.24) is 0 Å². The van der Waals surface area contributed by atoms with Gasteiger partial charge < -0.3 is 5.11 Å². The van der Waals surface area contributed by atoms with E-state index >= 15 is 0 Å². The number of aliphatic carboxylic acids is 1. The van der Waals surface area contributed by atoms with Crippen LogP contribution in [0.15, 0.2) is 24.3 Å². The van der Waals surface area contributed by atoms with Gasteiger partial charge in [0.1, 0.15) is 0 Å². The Morgan fingerprint density at radius 3 is 2.17 bits per heavy atom. The first-order valence-electron chi connectivity index (χ1n) is 7.76. The van der Waals surface area contributed by atoms with E-state index in [4.69, 9.17) is 11.6 Å². The molecule has 0 aliphatic rings. The van der Waals surface area contributed by atoms with Crippen LogP contribution in [0.2, 0.25) is 5.02 Å². The van der Waals surface area contributed by atoms with Crippen molar-refractivity contribution in [2.45, 2.75) is 62.9 Å². The predicted octanol–water partition coefficient (Wildman–Crippen LogP) is 4.11. The second kappa shape index (κ2) is 8.15. The number of carboxylic acids is 1. The number of hydrogen-bond acceptors (Lipinski definition) is 3. The molecule has 0 radical (unpaired) electrons. The molecule has 0 aliphatic heterocycles. The fraction of sp³-hybridized carbons (Fsp3) is 0.588. The van der Waals surface area contributed by atoms with Crippen molar-refractivity contribution in [3.05, 3.63) is 34.9 Å². The Morgan fingerprint density at radius 2 is 1.70 bits per heavy atom. The number of unbranched alkanes of at least 4 members (excludes halogenated alkanes) is 2. The minimum absolute atomic E-state index is 0.162. The topological polar surface area (TPSA) is 71.4 Å². The standard InChI is InChI=1S/C17H25ClO4S/c1-17(2,3)23(21,22)15(16(19)20)8-6-4-5-7-13-9-11-14(18)12-10-13/h9-12,15H,4-8H2,1-3H3,(H,19,20). The van der Waals surface area contributed by atoms with Crippen LogP contribution >= 0.6 is 11.6 Å². The summed E-state index contributed by atoms with van der Waals surface area (Å²) >= 11 is 5.83. The van der Waals surface area contributed by atoms with Crippen LogP contribution in [0.5, 0.6) is 0 Å². The molecule has 1 rings (SSSR count). The van der Waals surface area contributed by atoms with Crippen LogP contribution in [0.4, 0.5) is 0 Å². The van der Waals surface area contributed by atoms with Gasteiger partial charge in [-0.25, -0.2) is 8.42 Å². The van der Waals surface area contributed by atoms with Crippen LogP contribution < -0.4 is 0 Å². The summed E-state index contributed by atoms with van der Waals surface area (Å²) in [5.74, 6) is -1.25. The molecule has 0 aromatic heterocycles. The van der Waals surface area contributed by atoms with Crippen molar-refractivity contribution in [3.63, 3.8) is 0 Å². The number of sulfone groups is 1. The third kappa shape index (κ3) is 5.81. The Balaban J connectivity index is 2.48. The molecule has 0 spiro atoms. The van der Waals surface area contributed by atoms with Gasteiger partial charge in [-0.15, -0.1) is 0 Å². The molecule has 0 amide bonds. The van der Waals surface area contributed by atoms with Crippen LogP contribution in [0.25, 0.3) is 0 Å². The minimum Gasteiger partial charge on any atom is -0.480 e. The summed E-state index contributed by atoms with van der Waals surface area (Å²) in [7, 11) is -3.70. The van der Waals surface area contributed by atoms with E-state index in [1.165, 1.54) is 5.56 Å². The monoisotopic (exact) mass is 360 g/mol. The van der Waals surface area contributed by atoms with Gasteiger partial charge in [0.15, 0.2) is 15.1 Å². The Bertz CT molecular complexity index is 615. The fourth-order valence-electron chi connectivity index (χ4n) is 2.32. The van der Waals surface area contributed by atoms with E-state index in [9.17, 15) is 18.3 Å². The zero-order chi connectivity index (χ0) is 17.7. The lowest BCUT2D eigenvalue weighted by Gasteiger charge is -2.24. The maximum atomic E-state index is 12.3. The highest BCUT2D eigenvalue weighted by Crippen LogP contribution is 2.24. The Morgan fingerprint density at radius 1 is 1.13 bits per heavy atom. The van der Waals surface area contributed by atoms with Gasteiger partial charge in [0.05, 0.1) is 4.75 Å². The van der Waals surface area contributed by atoms with E-state index in [0.29, 0.717) is 11.4 Å².